The number of unbranched alkanes of at least 4 members (excludes halogenated alkanes) is 8. The van der Waals surface area contributed by atoms with E-state index in [0.717, 1.165) is 13.0 Å². The fraction of sp³-hybridized carbons (Fsp3) is 0.929. The van der Waals surface area contributed by atoms with Crippen LogP contribution in [0.3, 0.4) is 0 Å². The number of epoxide rings is 1. The summed E-state index contributed by atoms with van der Waals surface area (Å²) in [4.78, 5) is 9.88. The second-order valence-electron chi connectivity index (χ2n) is 4.89. The first-order chi connectivity index (χ1) is 8.43. The molecule has 0 amide bonds. The highest BCUT2D eigenvalue weighted by Gasteiger charge is 2.20. The van der Waals surface area contributed by atoms with Gasteiger partial charge in [-0.2, -0.15) is 0 Å². The lowest BCUT2D eigenvalue weighted by Gasteiger charge is -2.02. The van der Waals surface area contributed by atoms with Crippen molar-refractivity contribution in [3.05, 3.63) is 0 Å². The molecule has 1 saturated heterocycles. The van der Waals surface area contributed by atoms with Crippen LogP contribution in [0.15, 0.2) is 0 Å². The van der Waals surface area contributed by atoms with Crippen LogP contribution in [-0.2, 0) is 14.3 Å². The van der Waals surface area contributed by atoms with Crippen molar-refractivity contribution >= 4 is 6.47 Å². The average molecular weight is 242 g/mol. The van der Waals surface area contributed by atoms with E-state index in [1.165, 1.54) is 57.8 Å². The Kier molecular flexibility index (Phi) is 9.01. The number of ether oxygens (including phenoxy) is 2. The summed E-state index contributed by atoms with van der Waals surface area (Å²) in [6, 6.07) is 0. The van der Waals surface area contributed by atoms with Gasteiger partial charge in [-0.15, -0.1) is 0 Å². The molecule has 1 heterocycles. The van der Waals surface area contributed by atoms with Gasteiger partial charge in [0.1, 0.15) is 0 Å². The van der Waals surface area contributed by atoms with Crippen LogP contribution < -0.4 is 0 Å². The summed E-state index contributed by atoms with van der Waals surface area (Å²) in [5.74, 6) is 0. The third kappa shape index (κ3) is 10.3. The standard InChI is InChI=1S/C14H26O3/c15-13-16-11-9-7-5-3-1-2-4-6-8-10-14-12-17-14/h13-14H,1-12H2. The van der Waals surface area contributed by atoms with Crippen molar-refractivity contribution < 1.29 is 14.3 Å². The molecule has 1 aliphatic heterocycles. The van der Waals surface area contributed by atoms with E-state index >= 15 is 0 Å². The minimum Gasteiger partial charge on any atom is -0.468 e. The number of carbonyl (C=O) groups excluding carboxylic acids is 1. The van der Waals surface area contributed by atoms with Crippen molar-refractivity contribution in [3.8, 4) is 0 Å². The van der Waals surface area contributed by atoms with Gasteiger partial charge in [0.2, 0.25) is 0 Å². The molecule has 1 rings (SSSR count). The molecule has 1 unspecified atom stereocenters. The third-order valence-electron chi connectivity index (χ3n) is 3.26. The normalized spacial score (nSPS) is 18.0. The molecule has 100 valence electrons. The first-order valence-corrected chi connectivity index (χ1v) is 7.10. The molecule has 0 N–H and O–H groups in total. The van der Waals surface area contributed by atoms with Gasteiger partial charge in [-0.05, 0) is 12.8 Å². The van der Waals surface area contributed by atoms with Crippen LogP contribution in [-0.4, -0.2) is 25.8 Å². The second-order valence-corrected chi connectivity index (χ2v) is 4.89. The van der Waals surface area contributed by atoms with Crippen molar-refractivity contribution in [3.63, 3.8) is 0 Å². The van der Waals surface area contributed by atoms with Gasteiger partial charge in [0, 0.05) is 0 Å². The van der Waals surface area contributed by atoms with Crippen molar-refractivity contribution in [2.45, 2.75) is 70.3 Å². The van der Waals surface area contributed by atoms with Crippen molar-refractivity contribution in [1.82, 2.24) is 0 Å². The Bertz CT molecular complexity index is 178. The van der Waals surface area contributed by atoms with Gasteiger partial charge in [-0.3, -0.25) is 4.79 Å². The number of carbonyl (C=O) groups is 1. The monoisotopic (exact) mass is 242 g/mol. The van der Waals surface area contributed by atoms with Crippen LogP contribution in [0.25, 0.3) is 0 Å². The Morgan fingerprint density at radius 2 is 1.47 bits per heavy atom. The molecule has 0 radical (unpaired) electrons. The molecule has 0 saturated carbocycles. The molecule has 3 nitrogen and oxygen atoms in total. The van der Waals surface area contributed by atoms with E-state index in [9.17, 15) is 4.79 Å². The molecular weight excluding hydrogens is 216 g/mol. The zero-order valence-corrected chi connectivity index (χ0v) is 10.9. The van der Waals surface area contributed by atoms with Gasteiger partial charge in [-0.1, -0.05) is 51.4 Å². The second kappa shape index (κ2) is 10.6. The van der Waals surface area contributed by atoms with Crippen LogP contribution in [0.1, 0.15) is 64.2 Å². The van der Waals surface area contributed by atoms with E-state index in [-0.39, 0.29) is 0 Å². The quantitative estimate of drug-likeness (QED) is 0.282. The van der Waals surface area contributed by atoms with Gasteiger partial charge < -0.3 is 9.47 Å². The molecule has 0 aliphatic carbocycles. The lowest BCUT2D eigenvalue weighted by atomic mass is 10.1. The molecule has 0 aromatic heterocycles. The fourth-order valence-corrected chi connectivity index (χ4v) is 2.08. The summed E-state index contributed by atoms with van der Waals surface area (Å²) in [7, 11) is 0. The smallest absolute Gasteiger partial charge is 0.293 e. The molecule has 0 aromatic carbocycles. The summed E-state index contributed by atoms with van der Waals surface area (Å²) in [5.41, 5.74) is 0. The van der Waals surface area contributed by atoms with Gasteiger partial charge in [-0.25, -0.2) is 0 Å². The Labute approximate surface area is 105 Å². The third-order valence-corrected chi connectivity index (χ3v) is 3.26. The predicted octanol–water partition coefficient (Wildman–Crippen LogP) is 3.46. The summed E-state index contributed by atoms with van der Waals surface area (Å²) < 4.78 is 9.82. The molecule has 1 atom stereocenters. The van der Waals surface area contributed by atoms with E-state index < -0.39 is 0 Å². The molecule has 3 heteroatoms. The van der Waals surface area contributed by atoms with Crippen LogP contribution in [0.4, 0.5) is 0 Å². The molecule has 0 bridgehead atoms. The molecule has 0 aromatic rings. The SMILES string of the molecule is O=COCCCCCCCCCCCC1CO1. The molecule has 1 aliphatic rings. The first-order valence-electron chi connectivity index (χ1n) is 7.10. The Morgan fingerprint density at radius 1 is 0.941 bits per heavy atom. The fourth-order valence-electron chi connectivity index (χ4n) is 2.08. The lowest BCUT2D eigenvalue weighted by Crippen LogP contribution is -1.91. The van der Waals surface area contributed by atoms with E-state index in [1.807, 2.05) is 0 Å². The number of rotatable bonds is 13. The summed E-state index contributed by atoms with van der Waals surface area (Å²) in [6.07, 6.45) is 13.5. The van der Waals surface area contributed by atoms with Gasteiger partial charge in [0.25, 0.3) is 6.47 Å². The Morgan fingerprint density at radius 3 is 2.00 bits per heavy atom. The molecular formula is C14H26O3. The molecule has 1 fully saturated rings. The maximum absolute atomic E-state index is 9.88. The maximum atomic E-state index is 9.88. The molecule has 0 spiro atoms. The number of hydrogen-bond donors (Lipinski definition) is 0. The maximum Gasteiger partial charge on any atom is 0.293 e. The van der Waals surface area contributed by atoms with E-state index in [2.05, 4.69) is 4.74 Å². The van der Waals surface area contributed by atoms with Gasteiger partial charge >= 0.3 is 0 Å². The Balaban J connectivity index is 1.62. The van der Waals surface area contributed by atoms with Crippen LogP contribution in [0.5, 0.6) is 0 Å². The minimum absolute atomic E-state index is 0.534. The largest absolute Gasteiger partial charge is 0.468 e. The number of hydrogen-bond acceptors (Lipinski definition) is 3. The van der Waals surface area contributed by atoms with Crippen LogP contribution in [0, 0.1) is 0 Å². The Hall–Kier alpha value is -0.570. The van der Waals surface area contributed by atoms with Crippen molar-refractivity contribution in [1.29, 1.82) is 0 Å². The van der Waals surface area contributed by atoms with Gasteiger partial charge in [0.05, 0.1) is 19.3 Å². The zero-order chi connectivity index (χ0) is 12.2. The highest BCUT2D eigenvalue weighted by atomic mass is 16.6. The van der Waals surface area contributed by atoms with E-state index in [1.54, 1.807) is 0 Å². The summed E-state index contributed by atoms with van der Waals surface area (Å²) in [6.45, 7) is 2.13. The van der Waals surface area contributed by atoms with E-state index in [0.29, 0.717) is 19.2 Å². The van der Waals surface area contributed by atoms with Crippen molar-refractivity contribution in [2.24, 2.45) is 0 Å². The van der Waals surface area contributed by atoms with Gasteiger partial charge in [0.15, 0.2) is 0 Å². The summed E-state index contributed by atoms with van der Waals surface area (Å²) >= 11 is 0. The predicted molar refractivity (Wildman–Crippen MR) is 67.9 cm³/mol. The van der Waals surface area contributed by atoms with Crippen LogP contribution >= 0.6 is 0 Å². The molecule has 17 heavy (non-hydrogen) atoms. The lowest BCUT2D eigenvalue weighted by molar-refractivity contribution is -0.128. The average Bonchev–Trinajstić information content (AvgIpc) is 3.15. The zero-order valence-electron chi connectivity index (χ0n) is 10.9. The van der Waals surface area contributed by atoms with Crippen molar-refractivity contribution in [2.75, 3.05) is 13.2 Å². The minimum atomic E-state index is 0.534. The van der Waals surface area contributed by atoms with E-state index in [4.69, 9.17) is 4.74 Å². The summed E-state index contributed by atoms with van der Waals surface area (Å²) in [5, 5.41) is 0. The topological polar surface area (TPSA) is 38.8 Å². The first kappa shape index (κ1) is 14.5. The highest BCUT2D eigenvalue weighted by molar-refractivity contribution is 5.36. The van der Waals surface area contributed by atoms with Crippen LogP contribution in [0.2, 0.25) is 0 Å². The highest BCUT2D eigenvalue weighted by Crippen LogP contribution is 2.18.